The largest absolute Gasteiger partial charge is 0.469 e. The van der Waals surface area contributed by atoms with Crippen molar-refractivity contribution in [3.05, 3.63) is 35.6 Å². The van der Waals surface area contributed by atoms with E-state index in [4.69, 9.17) is 0 Å². The Kier molecular flexibility index (Phi) is 5.94. The number of nitrogens with one attached hydrogen (secondary N) is 1. The molecule has 0 radical (unpaired) electrons. The van der Waals surface area contributed by atoms with Crippen LogP contribution in [0.15, 0.2) is 28.6 Å². The average molecular weight is 327 g/mol. The van der Waals surface area contributed by atoms with Gasteiger partial charge >= 0.3 is 5.97 Å². The number of rotatable bonds is 7. The fourth-order valence-electron chi connectivity index (χ4n) is 1.44. The molecule has 1 N–H and O–H groups in total. The molecule has 8 heteroatoms. The van der Waals surface area contributed by atoms with Crippen molar-refractivity contribution in [1.82, 2.24) is 10.2 Å². The summed E-state index contributed by atoms with van der Waals surface area (Å²) in [6.45, 7) is 0.557. The summed E-state index contributed by atoms with van der Waals surface area (Å²) in [6, 6.07) is 6.28. The molecule has 0 atom stereocenters. The first-order valence-electron chi connectivity index (χ1n) is 6.19. The van der Waals surface area contributed by atoms with Gasteiger partial charge in [0.25, 0.3) is 0 Å². The minimum Gasteiger partial charge on any atom is -0.469 e. The molecule has 0 aliphatic heterocycles. The normalized spacial score (nSPS) is 10.4. The van der Waals surface area contributed by atoms with Gasteiger partial charge in [0.1, 0.15) is 5.82 Å². The second-order valence-electron chi connectivity index (χ2n) is 4.03. The summed E-state index contributed by atoms with van der Waals surface area (Å²) >= 11 is 2.88. The van der Waals surface area contributed by atoms with Gasteiger partial charge in [-0.25, -0.2) is 4.39 Å². The first-order chi connectivity index (χ1) is 10.2. The lowest BCUT2D eigenvalue weighted by Gasteiger charge is -2.01. The maximum absolute atomic E-state index is 12.8. The van der Waals surface area contributed by atoms with Crippen molar-refractivity contribution >= 4 is 34.2 Å². The Morgan fingerprint density at radius 3 is 2.86 bits per heavy atom. The fraction of sp³-hybridized carbons (Fsp3) is 0.308. The number of hydrogen-bond acceptors (Lipinski definition) is 7. The van der Waals surface area contributed by atoms with E-state index in [1.165, 1.54) is 42.3 Å². The van der Waals surface area contributed by atoms with Crippen molar-refractivity contribution in [1.29, 1.82) is 0 Å². The van der Waals surface area contributed by atoms with Gasteiger partial charge < -0.3 is 10.1 Å². The minimum atomic E-state index is -0.251. The van der Waals surface area contributed by atoms with Crippen molar-refractivity contribution in [3.8, 4) is 0 Å². The molecule has 2 aromatic rings. The number of esters is 1. The van der Waals surface area contributed by atoms with Crippen LogP contribution in [-0.4, -0.2) is 29.0 Å². The van der Waals surface area contributed by atoms with Gasteiger partial charge in [0.2, 0.25) is 5.13 Å². The lowest BCUT2D eigenvalue weighted by molar-refractivity contribution is -0.140. The Hall–Kier alpha value is -1.67. The zero-order valence-electron chi connectivity index (χ0n) is 11.3. The van der Waals surface area contributed by atoms with Crippen molar-refractivity contribution in [2.45, 2.75) is 17.3 Å². The Morgan fingerprint density at radius 1 is 1.38 bits per heavy atom. The van der Waals surface area contributed by atoms with Crippen LogP contribution in [0, 0.1) is 5.82 Å². The standard InChI is InChI=1S/C13H14FN3O2S2/c1-19-11(18)6-7-20-13-17-16-12(21-13)15-8-9-2-4-10(14)5-3-9/h2-5H,6-8H2,1H3,(H,15,16). The number of hydrogen-bond donors (Lipinski definition) is 1. The first-order valence-corrected chi connectivity index (χ1v) is 7.99. The Morgan fingerprint density at radius 2 is 2.14 bits per heavy atom. The van der Waals surface area contributed by atoms with E-state index in [0.29, 0.717) is 23.8 Å². The maximum Gasteiger partial charge on any atom is 0.306 e. The summed E-state index contributed by atoms with van der Waals surface area (Å²) < 4.78 is 18.1. The van der Waals surface area contributed by atoms with Crippen molar-refractivity contribution < 1.29 is 13.9 Å². The molecule has 5 nitrogen and oxygen atoms in total. The van der Waals surface area contributed by atoms with E-state index in [-0.39, 0.29) is 11.8 Å². The van der Waals surface area contributed by atoms with Crippen LogP contribution in [0.3, 0.4) is 0 Å². The molecular weight excluding hydrogens is 313 g/mol. The van der Waals surface area contributed by atoms with E-state index in [0.717, 1.165) is 9.90 Å². The van der Waals surface area contributed by atoms with Gasteiger partial charge in [-0.2, -0.15) is 0 Å². The molecule has 1 aromatic heterocycles. The van der Waals surface area contributed by atoms with Crippen LogP contribution in [0.4, 0.5) is 9.52 Å². The maximum atomic E-state index is 12.8. The molecule has 0 spiro atoms. The predicted octanol–water partition coefficient (Wildman–Crippen LogP) is 2.94. The number of carbonyl (C=O) groups excluding carboxylic acids is 1. The fourth-order valence-corrected chi connectivity index (χ4v) is 3.18. The first kappa shape index (κ1) is 15.7. The highest BCUT2D eigenvalue weighted by Gasteiger charge is 2.06. The van der Waals surface area contributed by atoms with Crippen LogP contribution in [-0.2, 0) is 16.1 Å². The van der Waals surface area contributed by atoms with Gasteiger partial charge in [-0.3, -0.25) is 4.79 Å². The van der Waals surface area contributed by atoms with E-state index in [1.54, 1.807) is 12.1 Å². The summed E-state index contributed by atoms with van der Waals surface area (Å²) in [7, 11) is 1.37. The highest BCUT2D eigenvalue weighted by molar-refractivity contribution is 8.01. The molecule has 0 saturated carbocycles. The molecule has 0 bridgehead atoms. The number of thioether (sulfide) groups is 1. The number of nitrogens with zero attached hydrogens (tertiary/aromatic N) is 2. The van der Waals surface area contributed by atoms with Crippen molar-refractivity contribution in [2.24, 2.45) is 0 Å². The molecule has 0 unspecified atom stereocenters. The van der Waals surface area contributed by atoms with E-state index >= 15 is 0 Å². The van der Waals surface area contributed by atoms with Gasteiger partial charge in [0, 0.05) is 12.3 Å². The molecule has 0 saturated heterocycles. The number of halogens is 1. The average Bonchev–Trinajstić information content (AvgIpc) is 2.94. The quantitative estimate of drug-likeness (QED) is 0.623. The number of anilines is 1. The number of methoxy groups -OCH3 is 1. The topological polar surface area (TPSA) is 64.1 Å². The van der Waals surface area contributed by atoms with Crippen LogP contribution in [0.25, 0.3) is 0 Å². The Labute approximate surface area is 129 Å². The van der Waals surface area contributed by atoms with Gasteiger partial charge in [-0.15, -0.1) is 10.2 Å². The molecule has 2 rings (SSSR count). The van der Waals surface area contributed by atoms with Gasteiger partial charge in [-0.05, 0) is 17.7 Å². The number of carbonyl (C=O) groups is 1. The summed E-state index contributed by atoms with van der Waals surface area (Å²) in [6.07, 6.45) is 0.346. The molecule has 0 fully saturated rings. The van der Waals surface area contributed by atoms with Crippen LogP contribution in [0.2, 0.25) is 0 Å². The summed E-state index contributed by atoms with van der Waals surface area (Å²) in [5.41, 5.74) is 0.964. The van der Waals surface area contributed by atoms with E-state index in [2.05, 4.69) is 20.3 Å². The number of ether oxygens (including phenoxy) is 1. The number of benzene rings is 1. The summed E-state index contributed by atoms with van der Waals surface area (Å²) in [5, 5.41) is 11.9. The molecule has 1 aromatic carbocycles. The predicted molar refractivity (Wildman–Crippen MR) is 81.0 cm³/mol. The molecule has 21 heavy (non-hydrogen) atoms. The van der Waals surface area contributed by atoms with Crippen LogP contribution < -0.4 is 5.32 Å². The lowest BCUT2D eigenvalue weighted by atomic mass is 10.2. The van der Waals surface area contributed by atoms with Crippen molar-refractivity contribution in [3.63, 3.8) is 0 Å². The van der Waals surface area contributed by atoms with E-state index in [9.17, 15) is 9.18 Å². The summed E-state index contributed by atoms with van der Waals surface area (Å²) in [4.78, 5) is 11.0. The minimum absolute atomic E-state index is 0.235. The SMILES string of the molecule is COC(=O)CCSc1nnc(NCc2ccc(F)cc2)s1. The molecule has 1 heterocycles. The second kappa shape index (κ2) is 7.94. The summed E-state index contributed by atoms with van der Waals surface area (Å²) in [5.74, 6) is 0.125. The zero-order chi connectivity index (χ0) is 15.1. The van der Waals surface area contributed by atoms with Gasteiger partial charge in [-0.1, -0.05) is 35.2 Å². The van der Waals surface area contributed by atoms with E-state index in [1.807, 2.05) is 0 Å². The molecule has 0 aliphatic carbocycles. The van der Waals surface area contributed by atoms with Gasteiger partial charge in [0.05, 0.1) is 13.5 Å². The Balaban J connectivity index is 1.77. The smallest absolute Gasteiger partial charge is 0.306 e. The second-order valence-corrected chi connectivity index (χ2v) is 6.35. The molecule has 0 amide bonds. The molecule has 0 aliphatic rings. The van der Waals surface area contributed by atoms with E-state index < -0.39 is 0 Å². The lowest BCUT2D eigenvalue weighted by Crippen LogP contribution is -2.00. The third kappa shape index (κ3) is 5.31. The third-order valence-corrected chi connectivity index (χ3v) is 4.54. The highest BCUT2D eigenvalue weighted by Crippen LogP contribution is 2.26. The van der Waals surface area contributed by atoms with Crippen LogP contribution >= 0.6 is 23.1 Å². The molecular formula is C13H14FN3O2S2. The third-order valence-electron chi connectivity index (χ3n) is 2.52. The highest BCUT2D eigenvalue weighted by atomic mass is 32.2. The Bertz CT molecular complexity index is 589. The van der Waals surface area contributed by atoms with Crippen molar-refractivity contribution in [2.75, 3.05) is 18.2 Å². The van der Waals surface area contributed by atoms with Crippen LogP contribution in [0.1, 0.15) is 12.0 Å². The number of aromatic nitrogens is 2. The monoisotopic (exact) mass is 327 g/mol. The zero-order valence-corrected chi connectivity index (χ0v) is 13.0. The molecule has 112 valence electrons. The van der Waals surface area contributed by atoms with Crippen LogP contribution in [0.5, 0.6) is 0 Å². The van der Waals surface area contributed by atoms with Gasteiger partial charge in [0.15, 0.2) is 4.34 Å².